The molecule has 2 unspecified atom stereocenters. The van der Waals surface area contributed by atoms with Gasteiger partial charge in [0.2, 0.25) is 23.6 Å². The number of aliphatic hydroxyl groups excluding tert-OH is 1. The Hall–Kier alpha value is -5.88. The lowest BCUT2D eigenvalue weighted by Crippen LogP contribution is -2.51. The third-order valence-electron chi connectivity index (χ3n) is 11.4. The molecule has 3 aromatic heterocycles. The number of aromatic nitrogens is 2. The van der Waals surface area contributed by atoms with Crippen molar-refractivity contribution in [3.8, 4) is 34.2 Å². The Morgan fingerprint density at radius 2 is 1.58 bits per heavy atom. The van der Waals surface area contributed by atoms with E-state index >= 15 is 0 Å². The summed E-state index contributed by atoms with van der Waals surface area (Å²) in [5.41, 5.74) is 7.68. The van der Waals surface area contributed by atoms with E-state index in [2.05, 4.69) is 67.5 Å². The molecule has 4 atom stereocenters. The Morgan fingerprint density at radius 3 is 2.30 bits per heavy atom. The maximum atomic E-state index is 13.8. The summed E-state index contributed by atoms with van der Waals surface area (Å²) in [5, 5.41) is 19.1. The number of aliphatic imine (C=N–C) groups is 1. The van der Waals surface area contributed by atoms with Crippen LogP contribution in [-0.4, -0.2) is 86.0 Å². The van der Waals surface area contributed by atoms with Gasteiger partial charge >= 0.3 is 0 Å². The number of carbonyl (C=O) groups is 4. The molecular weight excluding hydrogens is 795 g/mol. The van der Waals surface area contributed by atoms with Gasteiger partial charge in [-0.05, 0) is 48.3 Å². The maximum Gasteiger partial charge on any atom is 0.250 e. The number of aliphatic hydroxyl groups is 1. The predicted molar refractivity (Wildman–Crippen MR) is 235 cm³/mol. The second-order valence-electron chi connectivity index (χ2n) is 15.8. The van der Waals surface area contributed by atoms with E-state index in [4.69, 9.17) is 4.99 Å². The molecule has 12 nitrogen and oxygen atoms in total. The van der Waals surface area contributed by atoms with Crippen molar-refractivity contribution in [2.75, 3.05) is 19.7 Å². The smallest absolute Gasteiger partial charge is 0.250 e. The number of nitrogens with one attached hydrogen (secondary N) is 3. The van der Waals surface area contributed by atoms with Gasteiger partial charge in [-0.15, -0.1) is 22.7 Å². The molecular formula is C46H47N7O5S2. The summed E-state index contributed by atoms with van der Waals surface area (Å²) in [6.45, 7) is 5.72. The number of rotatable bonds is 11. The zero-order valence-corrected chi connectivity index (χ0v) is 35.4. The van der Waals surface area contributed by atoms with E-state index in [1.807, 2.05) is 55.3 Å². The zero-order valence-electron chi connectivity index (χ0n) is 33.7. The number of aromatic amines is 1. The van der Waals surface area contributed by atoms with Gasteiger partial charge in [0.05, 0.1) is 38.9 Å². The van der Waals surface area contributed by atoms with Gasteiger partial charge in [-0.2, -0.15) is 0 Å². The van der Waals surface area contributed by atoms with E-state index < -0.39 is 24.6 Å². The molecule has 5 aromatic rings. The van der Waals surface area contributed by atoms with Gasteiger partial charge < -0.3 is 30.5 Å². The number of carbonyl (C=O) groups excluding carboxylic acids is 4. The molecule has 2 fully saturated rings. The second-order valence-corrected chi connectivity index (χ2v) is 17.5. The van der Waals surface area contributed by atoms with Crippen molar-refractivity contribution >= 4 is 61.4 Å². The SMILES string of the molecule is CC(=O)N[C@@H](C(=O)N1CCCC1C1=NC=C(C#Cc2csc3c(-c4ccc(-c5cnc(C6CCCN6C(=O)[C@@H](NC(=O)CO)C(C)C)[nH]5)cc4)csc23)C1)c1ccccc1. The van der Waals surface area contributed by atoms with Crippen LogP contribution in [0.1, 0.15) is 81.9 Å². The molecule has 60 heavy (non-hydrogen) atoms. The number of nitrogens with zero attached hydrogens (tertiary/aromatic N) is 4. The van der Waals surface area contributed by atoms with Gasteiger partial charge in [-0.1, -0.05) is 80.3 Å². The molecule has 3 aliphatic rings. The molecule has 0 aliphatic carbocycles. The number of H-pyrrole nitrogens is 1. The van der Waals surface area contributed by atoms with Crippen LogP contribution in [0, 0.1) is 17.8 Å². The second kappa shape index (κ2) is 17.8. The topological polar surface area (TPSA) is 160 Å². The van der Waals surface area contributed by atoms with Crippen molar-refractivity contribution in [2.24, 2.45) is 10.9 Å². The van der Waals surface area contributed by atoms with E-state index in [-0.39, 0.29) is 35.7 Å². The number of allylic oxidation sites excluding steroid dienone is 1. The Kier molecular flexibility index (Phi) is 12.1. The normalized spacial score (nSPS) is 18.6. The quantitative estimate of drug-likeness (QED) is 0.108. The third-order valence-corrected chi connectivity index (χ3v) is 13.6. The lowest BCUT2D eigenvalue weighted by Gasteiger charge is -2.30. The van der Waals surface area contributed by atoms with E-state index in [9.17, 15) is 24.3 Å². The average molecular weight is 842 g/mol. The van der Waals surface area contributed by atoms with Crippen molar-refractivity contribution in [2.45, 2.75) is 77.0 Å². The number of likely N-dealkylation sites (tertiary alicyclic amines) is 2. The number of thiophene rings is 2. The van der Waals surface area contributed by atoms with Gasteiger partial charge in [-0.25, -0.2) is 4.98 Å². The largest absolute Gasteiger partial charge is 0.387 e. The molecule has 308 valence electrons. The maximum absolute atomic E-state index is 13.8. The minimum absolute atomic E-state index is 0.119. The van der Waals surface area contributed by atoms with E-state index in [1.165, 1.54) is 11.6 Å². The summed E-state index contributed by atoms with van der Waals surface area (Å²) in [6, 6.07) is 15.9. The van der Waals surface area contributed by atoms with Gasteiger partial charge in [0, 0.05) is 60.2 Å². The minimum atomic E-state index is -0.744. The first-order valence-corrected chi connectivity index (χ1v) is 22.1. The van der Waals surface area contributed by atoms with Crippen LogP contribution in [0.25, 0.3) is 31.8 Å². The lowest BCUT2D eigenvalue weighted by molar-refractivity contribution is -0.139. The molecule has 3 aliphatic heterocycles. The number of fused-ring (bicyclic) bond motifs is 1. The number of hydrogen-bond donors (Lipinski definition) is 4. The fourth-order valence-electron chi connectivity index (χ4n) is 8.37. The molecule has 2 aromatic carbocycles. The molecule has 6 heterocycles. The number of amides is 4. The fourth-order valence-corrected chi connectivity index (χ4v) is 10.7. The first-order chi connectivity index (χ1) is 29.1. The zero-order chi connectivity index (χ0) is 41.9. The van der Waals surface area contributed by atoms with Gasteiger partial charge in [0.25, 0.3) is 0 Å². The van der Waals surface area contributed by atoms with Crippen LogP contribution in [0.5, 0.6) is 0 Å². The first kappa shape index (κ1) is 40.9. The lowest BCUT2D eigenvalue weighted by atomic mass is 10.0. The fraction of sp³-hybridized carbons (Fsp3) is 0.348. The first-order valence-electron chi connectivity index (χ1n) is 20.3. The van der Waals surface area contributed by atoms with Crippen LogP contribution < -0.4 is 10.6 Å². The third kappa shape index (κ3) is 8.43. The summed E-state index contributed by atoms with van der Waals surface area (Å²) in [4.78, 5) is 68.0. The molecule has 0 radical (unpaired) electrons. The summed E-state index contributed by atoms with van der Waals surface area (Å²) in [5.74, 6) is 6.25. The van der Waals surface area contributed by atoms with Crippen LogP contribution in [0.4, 0.5) is 0 Å². The molecule has 8 rings (SSSR count). The number of benzene rings is 2. The standard InChI is InChI=1S/C46H47N7O5S2/c1-27(2)40(51-39(56)24-54)45(57)53-20-8-12-38(53)44-48-23-36(50-44)31-17-15-30(16-18-31)34-26-60-42-33(25-59-43(34)42)14-13-29-21-35(47-22-29)37-11-7-19-52(37)46(58)41(49-28(3)55)32-9-5-4-6-10-32/h4-6,9-10,15-18,22-23,25-27,37-38,40-41,54H,7-8,11-12,19-21,24H2,1-3H3,(H,48,50)(H,49,55)(H,51,56)/t37?,38?,40-,41+/m0/s1. The van der Waals surface area contributed by atoms with Crippen molar-refractivity contribution in [1.29, 1.82) is 0 Å². The highest BCUT2D eigenvalue weighted by Gasteiger charge is 2.39. The minimum Gasteiger partial charge on any atom is -0.387 e. The van der Waals surface area contributed by atoms with Gasteiger partial charge in [-0.3, -0.25) is 24.2 Å². The van der Waals surface area contributed by atoms with E-state index in [0.29, 0.717) is 25.3 Å². The summed E-state index contributed by atoms with van der Waals surface area (Å²) in [7, 11) is 0. The van der Waals surface area contributed by atoms with Gasteiger partial charge in [0.1, 0.15) is 24.5 Å². The predicted octanol–water partition coefficient (Wildman–Crippen LogP) is 6.77. The Balaban J connectivity index is 0.913. The van der Waals surface area contributed by atoms with Crippen LogP contribution in [0.2, 0.25) is 0 Å². The summed E-state index contributed by atoms with van der Waals surface area (Å²) >= 11 is 3.37. The van der Waals surface area contributed by atoms with Crippen LogP contribution in [0.3, 0.4) is 0 Å². The Bertz CT molecular complexity index is 2540. The molecule has 2 saturated heterocycles. The van der Waals surface area contributed by atoms with Gasteiger partial charge in [0.15, 0.2) is 0 Å². The Labute approximate surface area is 356 Å². The molecule has 4 N–H and O–H groups in total. The number of imidazole rings is 1. The summed E-state index contributed by atoms with van der Waals surface area (Å²) < 4.78 is 2.33. The van der Waals surface area contributed by atoms with E-state index in [1.54, 1.807) is 33.8 Å². The summed E-state index contributed by atoms with van der Waals surface area (Å²) in [6.07, 6.45) is 7.52. The highest BCUT2D eigenvalue weighted by Crippen LogP contribution is 2.41. The molecule has 0 saturated carbocycles. The highest BCUT2D eigenvalue weighted by atomic mass is 32.1. The molecule has 0 spiro atoms. The van der Waals surface area contributed by atoms with Crippen molar-refractivity contribution in [3.63, 3.8) is 0 Å². The van der Waals surface area contributed by atoms with Crippen molar-refractivity contribution in [1.82, 2.24) is 30.4 Å². The van der Waals surface area contributed by atoms with Crippen LogP contribution >= 0.6 is 22.7 Å². The monoisotopic (exact) mass is 841 g/mol. The van der Waals surface area contributed by atoms with Crippen molar-refractivity contribution < 1.29 is 24.3 Å². The average Bonchev–Trinajstić information content (AvgIpc) is 4.11. The highest BCUT2D eigenvalue weighted by molar-refractivity contribution is 7.27. The number of hydrogen-bond acceptors (Lipinski definition) is 9. The van der Waals surface area contributed by atoms with Crippen LogP contribution in [-0.2, 0) is 19.2 Å². The van der Waals surface area contributed by atoms with E-state index in [0.717, 1.165) is 75.2 Å². The Morgan fingerprint density at radius 1 is 0.883 bits per heavy atom. The molecule has 14 heteroatoms. The van der Waals surface area contributed by atoms with Crippen LogP contribution in [0.15, 0.2) is 88.3 Å². The van der Waals surface area contributed by atoms with Crippen molar-refractivity contribution in [3.05, 3.63) is 100 Å². The molecule has 0 bridgehead atoms. The molecule has 4 amide bonds.